The van der Waals surface area contributed by atoms with E-state index in [2.05, 4.69) is 47.4 Å². The van der Waals surface area contributed by atoms with Crippen LogP contribution in [0.3, 0.4) is 0 Å². The fourth-order valence-electron chi connectivity index (χ4n) is 4.06. The van der Waals surface area contributed by atoms with Crippen molar-refractivity contribution in [3.05, 3.63) is 59.7 Å². The third-order valence-corrected chi connectivity index (χ3v) is 6.80. The number of carbonyl (C=O) groups is 1. The minimum absolute atomic E-state index is 0. The Kier molecular flexibility index (Phi) is 6.91. The van der Waals surface area contributed by atoms with Gasteiger partial charge in [0.2, 0.25) is 0 Å². The zero-order chi connectivity index (χ0) is 18.7. The Morgan fingerprint density at radius 2 is 1.89 bits per heavy atom. The van der Waals surface area contributed by atoms with Gasteiger partial charge in [-0.15, -0.1) is 24.2 Å². The van der Waals surface area contributed by atoms with Crippen LogP contribution in [-0.2, 0) is 16.0 Å². The summed E-state index contributed by atoms with van der Waals surface area (Å²) in [5, 5.41) is 8.87. The van der Waals surface area contributed by atoms with Gasteiger partial charge in [0, 0.05) is 28.2 Å². The van der Waals surface area contributed by atoms with Crippen LogP contribution in [0.5, 0.6) is 5.75 Å². The Balaban J connectivity index is 0.00000225. The summed E-state index contributed by atoms with van der Waals surface area (Å²) in [6.45, 7) is 3.29. The molecule has 150 valence electrons. The normalized spacial score (nSPS) is 17.6. The zero-order valence-corrected chi connectivity index (χ0v) is 17.4. The first-order chi connectivity index (χ1) is 13.1. The molecule has 2 aromatic carbocycles. The van der Waals surface area contributed by atoms with Gasteiger partial charge in [0.25, 0.3) is 0 Å². The molecule has 2 aliphatic rings. The van der Waals surface area contributed by atoms with Crippen molar-refractivity contribution in [3.63, 3.8) is 0 Å². The zero-order valence-electron chi connectivity index (χ0n) is 15.8. The molecule has 1 fully saturated rings. The number of carboxylic acid groups (broad SMARTS) is 1. The molecule has 0 amide bonds. The molecule has 0 saturated carbocycles. The lowest BCUT2D eigenvalue weighted by molar-refractivity contribution is -0.137. The van der Waals surface area contributed by atoms with Crippen LogP contribution in [0.15, 0.2) is 53.4 Å². The fraction of sp³-hybridized carbons (Fsp3) is 0.409. The Bertz CT molecular complexity index is 807. The number of piperidine rings is 1. The number of fused-ring (bicyclic) bond motifs is 2. The second-order valence-electron chi connectivity index (χ2n) is 7.49. The maximum atomic E-state index is 10.8. The second-order valence-corrected chi connectivity index (χ2v) is 8.54. The summed E-state index contributed by atoms with van der Waals surface area (Å²) in [6, 6.07) is 17.2. The van der Waals surface area contributed by atoms with Crippen molar-refractivity contribution >= 4 is 30.1 Å². The summed E-state index contributed by atoms with van der Waals surface area (Å²) in [4.78, 5) is 14.3. The predicted octanol–water partition coefficient (Wildman–Crippen LogP) is 4.60. The van der Waals surface area contributed by atoms with Gasteiger partial charge in [0.1, 0.15) is 5.75 Å². The number of carboxylic acids is 1. The van der Waals surface area contributed by atoms with Crippen molar-refractivity contribution in [1.29, 1.82) is 0 Å². The predicted molar refractivity (Wildman–Crippen MR) is 115 cm³/mol. The van der Waals surface area contributed by atoms with Crippen LogP contribution >= 0.6 is 24.2 Å². The van der Waals surface area contributed by atoms with Gasteiger partial charge in [-0.2, -0.15) is 0 Å². The van der Waals surface area contributed by atoms with Crippen LogP contribution in [0.4, 0.5) is 0 Å². The van der Waals surface area contributed by atoms with Crippen LogP contribution in [0.2, 0.25) is 0 Å². The lowest BCUT2D eigenvalue weighted by atomic mass is 9.74. The molecule has 1 N–H and O–H groups in total. The average Bonchev–Trinajstić information content (AvgIpc) is 3.04. The van der Waals surface area contributed by atoms with Crippen LogP contribution in [-0.4, -0.2) is 42.2 Å². The number of hydrogen-bond acceptors (Lipinski definition) is 4. The van der Waals surface area contributed by atoms with E-state index in [1.54, 1.807) is 0 Å². The maximum Gasteiger partial charge on any atom is 0.304 e. The molecule has 28 heavy (non-hydrogen) atoms. The highest BCUT2D eigenvalue weighted by Gasteiger charge is 2.43. The molecular weight excluding hydrogens is 394 g/mol. The molecule has 1 spiro atoms. The SMILES string of the molecule is Cl.O=C(O)CCN1CCC2(CC1)COc1cc(SCc3ccccc3)ccc12. The second kappa shape index (κ2) is 9.21. The van der Waals surface area contributed by atoms with E-state index in [1.165, 1.54) is 16.0 Å². The number of thioether (sulfide) groups is 1. The summed E-state index contributed by atoms with van der Waals surface area (Å²) >= 11 is 1.84. The molecule has 0 radical (unpaired) electrons. The van der Waals surface area contributed by atoms with Gasteiger partial charge in [0.05, 0.1) is 13.0 Å². The third kappa shape index (κ3) is 4.65. The van der Waals surface area contributed by atoms with Crippen molar-refractivity contribution in [2.24, 2.45) is 0 Å². The average molecular weight is 420 g/mol. The van der Waals surface area contributed by atoms with Crippen LogP contribution in [0.1, 0.15) is 30.4 Å². The molecule has 4 rings (SSSR count). The van der Waals surface area contributed by atoms with Crippen molar-refractivity contribution in [2.75, 3.05) is 26.2 Å². The lowest BCUT2D eigenvalue weighted by Gasteiger charge is -2.38. The molecule has 2 heterocycles. The fourth-order valence-corrected chi connectivity index (χ4v) is 4.94. The molecule has 0 bridgehead atoms. The number of nitrogens with zero attached hydrogens (tertiary/aromatic N) is 1. The molecular formula is C22H26ClNO3S. The highest BCUT2D eigenvalue weighted by Crippen LogP contribution is 2.46. The molecule has 0 aliphatic carbocycles. The smallest absolute Gasteiger partial charge is 0.304 e. The van der Waals surface area contributed by atoms with E-state index in [0.29, 0.717) is 6.54 Å². The largest absolute Gasteiger partial charge is 0.492 e. The molecule has 6 heteroatoms. The Labute approximate surface area is 176 Å². The van der Waals surface area contributed by atoms with Crippen LogP contribution < -0.4 is 4.74 Å². The first kappa shape index (κ1) is 21.0. The van der Waals surface area contributed by atoms with E-state index >= 15 is 0 Å². The molecule has 2 aromatic rings. The molecule has 1 saturated heterocycles. The van der Waals surface area contributed by atoms with E-state index in [-0.39, 0.29) is 24.2 Å². The lowest BCUT2D eigenvalue weighted by Crippen LogP contribution is -2.44. The van der Waals surface area contributed by atoms with Gasteiger partial charge in [0.15, 0.2) is 0 Å². The van der Waals surface area contributed by atoms with Crippen molar-refractivity contribution in [1.82, 2.24) is 4.90 Å². The number of likely N-dealkylation sites (tertiary alicyclic amines) is 1. The Hall–Kier alpha value is -1.69. The van der Waals surface area contributed by atoms with Crippen LogP contribution in [0, 0.1) is 0 Å². The summed E-state index contributed by atoms with van der Waals surface area (Å²) in [5.74, 6) is 1.28. The number of halogens is 1. The summed E-state index contributed by atoms with van der Waals surface area (Å²) < 4.78 is 6.09. The van der Waals surface area contributed by atoms with E-state index in [4.69, 9.17) is 9.84 Å². The van der Waals surface area contributed by atoms with E-state index in [1.807, 2.05) is 17.8 Å². The highest BCUT2D eigenvalue weighted by atomic mass is 35.5. The van der Waals surface area contributed by atoms with Crippen molar-refractivity contribution in [2.45, 2.75) is 35.3 Å². The minimum Gasteiger partial charge on any atom is -0.492 e. The number of hydrogen-bond donors (Lipinski definition) is 1. The van der Waals surface area contributed by atoms with E-state index in [9.17, 15) is 4.79 Å². The van der Waals surface area contributed by atoms with E-state index in [0.717, 1.165) is 44.0 Å². The standard InChI is InChI=1S/C22H25NO3S.ClH/c24-21(25)8-11-23-12-9-22(10-13-23)16-26-20-14-18(6-7-19(20)22)27-15-17-4-2-1-3-5-17;/h1-7,14H,8-13,15-16H2,(H,24,25);1H. The molecule has 0 aromatic heterocycles. The third-order valence-electron chi connectivity index (χ3n) is 5.73. The summed E-state index contributed by atoms with van der Waals surface area (Å²) in [7, 11) is 0. The highest BCUT2D eigenvalue weighted by molar-refractivity contribution is 7.98. The first-order valence-electron chi connectivity index (χ1n) is 9.53. The van der Waals surface area contributed by atoms with Crippen molar-refractivity contribution in [3.8, 4) is 5.75 Å². The summed E-state index contributed by atoms with van der Waals surface area (Å²) in [5.41, 5.74) is 2.77. The number of rotatable bonds is 6. The van der Waals surface area contributed by atoms with Gasteiger partial charge < -0.3 is 14.7 Å². The maximum absolute atomic E-state index is 10.8. The Morgan fingerprint density at radius 3 is 2.61 bits per heavy atom. The summed E-state index contributed by atoms with van der Waals surface area (Å²) in [6.07, 6.45) is 2.30. The monoisotopic (exact) mass is 419 g/mol. The molecule has 0 unspecified atom stereocenters. The van der Waals surface area contributed by atoms with Gasteiger partial charge in [-0.1, -0.05) is 36.4 Å². The van der Waals surface area contributed by atoms with Gasteiger partial charge >= 0.3 is 5.97 Å². The molecule has 2 aliphatic heterocycles. The topological polar surface area (TPSA) is 49.8 Å². The minimum atomic E-state index is -0.717. The Morgan fingerprint density at radius 1 is 1.14 bits per heavy atom. The number of benzene rings is 2. The van der Waals surface area contributed by atoms with Gasteiger partial charge in [-0.25, -0.2) is 0 Å². The first-order valence-corrected chi connectivity index (χ1v) is 10.5. The van der Waals surface area contributed by atoms with Gasteiger partial charge in [-0.3, -0.25) is 4.79 Å². The number of ether oxygens (including phenoxy) is 1. The molecule has 0 atom stereocenters. The van der Waals surface area contributed by atoms with Crippen molar-refractivity contribution < 1.29 is 14.6 Å². The number of aliphatic carboxylic acids is 1. The molecule has 4 nitrogen and oxygen atoms in total. The quantitative estimate of drug-likeness (QED) is 0.693. The van der Waals surface area contributed by atoms with E-state index < -0.39 is 5.97 Å². The van der Waals surface area contributed by atoms with Gasteiger partial charge in [-0.05, 0) is 43.6 Å². The van der Waals surface area contributed by atoms with Crippen LogP contribution in [0.25, 0.3) is 0 Å².